The first kappa shape index (κ1) is 61.1. The fraction of sp³-hybridized carbons (Fsp3) is 0.640. The molecule has 4 heterocycles. The van der Waals surface area contributed by atoms with E-state index < -0.39 is 158 Å². The minimum absolute atomic E-state index is 0.305. The van der Waals surface area contributed by atoms with Crippen LogP contribution in [0.1, 0.15) is 92.1 Å². The number of aliphatic hydroxyl groups excluding tert-OH is 3. The first-order valence-corrected chi connectivity index (χ1v) is 26.9. The van der Waals surface area contributed by atoms with Crippen LogP contribution >= 0.6 is 11.8 Å². The fourth-order valence-corrected chi connectivity index (χ4v) is 10.0. The lowest BCUT2D eigenvalue weighted by Gasteiger charge is -2.32. The summed E-state index contributed by atoms with van der Waals surface area (Å²) >= 11 is 0.991. The highest BCUT2D eigenvalue weighted by Gasteiger charge is 2.45. The van der Waals surface area contributed by atoms with Crippen LogP contribution in [0.25, 0.3) is 10.9 Å². The highest BCUT2D eigenvalue weighted by molar-refractivity contribution is 7.99. The minimum Gasteiger partial charge on any atom is -0.494 e. The number of hydrogen-bond acceptors (Lipinski definition) is 16. The number of fused-ring (bicyclic) bond motifs is 5. The van der Waals surface area contributed by atoms with Crippen LogP contribution in [0.4, 0.5) is 4.79 Å². The molecule has 1 aromatic carbocycles. The fourth-order valence-electron chi connectivity index (χ4n) is 8.92. The van der Waals surface area contributed by atoms with E-state index >= 15 is 0 Å². The number of aromatic nitrogens is 1. The van der Waals surface area contributed by atoms with E-state index in [-0.39, 0.29) is 18.6 Å². The molecule has 1 fully saturated rings. The Hall–Kier alpha value is -6.71. The second-order valence-corrected chi connectivity index (χ2v) is 21.6. The Morgan fingerprint density at radius 1 is 0.857 bits per heavy atom. The van der Waals surface area contributed by atoms with Crippen molar-refractivity contribution < 1.29 is 72.7 Å². The molecule has 14 N–H and O–H groups in total. The van der Waals surface area contributed by atoms with Crippen molar-refractivity contribution in [2.45, 2.75) is 152 Å². The molecule has 0 saturated carbocycles. The van der Waals surface area contributed by atoms with Gasteiger partial charge in [-0.1, -0.05) is 40.0 Å². The van der Waals surface area contributed by atoms with Gasteiger partial charge in [0.05, 0.1) is 55.5 Å². The van der Waals surface area contributed by atoms with Gasteiger partial charge in [-0.15, -0.1) is 11.8 Å². The van der Waals surface area contributed by atoms with Crippen molar-refractivity contribution in [3.05, 3.63) is 23.8 Å². The van der Waals surface area contributed by atoms with Crippen LogP contribution in [0.15, 0.2) is 23.2 Å². The number of rotatable bonds is 15. The number of nitrogens with zero attached hydrogens (tertiary/aromatic N) is 1. The van der Waals surface area contributed by atoms with E-state index in [0.29, 0.717) is 53.2 Å². The Balaban J connectivity index is 1.59. The molecule has 0 spiro atoms. The molecule has 10 atom stereocenters. The number of nitrogens with one attached hydrogen (secondary N) is 9. The van der Waals surface area contributed by atoms with Crippen molar-refractivity contribution in [1.29, 1.82) is 0 Å². The Bertz CT molecular complexity index is 2490. The maximum absolute atomic E-state index is 14.7. The summed E-state index contributed by atoms with van der Waals surface area (Å²) in [6.07, 6.45) is -1.53. The predicted octanol–water partition coefficient (Wildman–Crippen LogP) is -2.18. The minimum atomic E-state index is -1.76. The second kappa shape index (κ2) is 28.1. The summed E-state index contributed by atoms with van der Waals surface area (Å²) in [7, 11) is 0. The van der Waals surface area contributed by atoms with Gasteiger partial charge in [0.15, 0.2) is 0 Å². The third-order valence-electron chi connectivity index (χ3n) is 13.4. The van der Waals surface area contributed by atoms with Crippen molar-refractivity contribution in [2.24, 2.45) is 17.6 Å². The van der Waals surface area contributed by atoms with Crippen LogP contribution in [-0.2, 0) is 54.3 Å². The molecule has 0 radical (unpaired) electrons. The van der Waals surface area contributed by atoms with E-state index in [0.717, 1.165) is 35.9 Å². The van der Waals surface area contributed by atoms with Crippen LogP contribution in [0.2, 0.25) is 0 Å². The second-order valence-electron chi connectivity index (χ2n) is 20.6. The maximum Gasteiger partial charge on any atom is 0.407 e. The molecular weight excluding hydrogens is 1030 g/mol. The van der Waals surface area contributed by atoms with Gasteiger partial charge in [0.1, 0.15) is 47.6 Å². The molecule has 27 heteroatoms. The van der Waals surface area contributed by atoms with Gasteiger partial charge in [0, 0.05) is 49.1 Å². The summed E-state index contributed by atoms with van der Waals surface area (Å²) < 4.78 is 11.4. The standard InChI is InChI=1S/C50H75N11O15S/c1-7-25(2)40-45(71)54-20-38(66)55-34-24-77-47-30(29-13-12-28(17-31(29)58-47)75-15-11-9-8-10-14-52-49(74)76-50(4,5)6)18-32(42(68)53-21-39(67)59-40)56-46(72)41(26(3)36(64)23-62)60-44(70)35-16-27(63)22-61(35)48(73)33(19-37(51)65)57-43(34)69/h12-13,17,25-27,32-36,40-41,58,62-64H,7-11,14-16,18-24H2,1-6H3,(H2,51,65)(H,52,74)(H,53,68)(H,54,71)(H,55,66)(H,56,72)(H,57,69)(H,59,67)(H,60,70)/t25?,26-,27?,32?,33-,34?,35?,36?,40?,41-/m0/s1. The lowest BCUT2D eigenvalue weighted by molar-refractivity contribution is -0.144. The third kappa shape index (κ3) is 17.7. The Kier molecular flexibility index (Phi) is 22.3. The van der Waals surface area contributed by atoms with Crippen molar-refractivity contribution in [3.8, 4) is 5.75 Å². The number of thioether (sulfide) groups is 1. The molecule has 3 aliphatic heterocycles. The van der Waals surface area contributed by atoms with Crippen LogP contribution in [0, 0.1) is 11.8 Å². The lowest BCUT2D eigenvalue weighted by atomic mass is 9.93. The lowest BCUT2D eigenvalue weighted by Crippen LogP contribution is -2.62. The molecule has 5 rings (SSSR count). The number of aliphatic hydroxyl groups is 3. The van der Waals surface area contributed by atoms with Gasteiger partial charge in [-0.05, 0) is 57.2 Å². The van der Waals surface area contributed by atoms with Crippen molar-refractivity contribution in [1.82, 2.24) is 52.4 Å². The zero-order valence-corrected chi connectivity index (χ0v) is 45.1. The topological polar surface area (TPSA) is 391 Å². The monoisotopic (exact) mass is 1100 g/mol. The number of aromatic amines is 1. The molecular formula is C50H75N11O15S. The number of alkyl carbamates (subject to hydrolysis) is 1. The quantitative estimate of drug-likeness (QED) is 0.0844. The normalized spacial score (nSPS) is 24.8. The molecule has 426 valence electrons. The summed E-state index contributed by atoms with van der Waals surface area (Å²) in [4.78, 5) is 142. The molecule has 7 unspecified atom stereocenters. The zero-order valence-electron chi connectivity index (χ0n) is 44.3. The van der Waals surface area contributed by atoms with Gasteiger partial charge >= 0.3 is 6.09 Å². The third-order valence-corrected chi connectivity index (χ3v) is 14.5. The number of nitrogens with two attached hydrogens (primary N) is 1. The first-order chi connectivity index (χ1) is 36.4. The molecule has 2 bridgehead atoms. The van der Waals surface area contributed by atoms with Crippen LogP contribution < -0.4 is 53.0 Å². The number of carbonyl (C=O) groups is 10. The average molecular weight is 1100 g/mol. The predicted molar refractivity (Wildman–Crippen MR) is 278 cm³/mol. The van der Waals surface area contributed by atoms with Gasteiger partial charge < -0.3 is 82.9 Å². The average Bonchev–Trinajstić information content (AvgIpc) is 3.93. The number of ether oxygens (including phenoxy) is 2. The van der Waals surface area contributed by atoms with E-state index in [1.165, 1.54) is 6.92 Å². The van der Waals surface area contributed by atoms with Crippen LogP contribution in [-0.4, -0.2) is 184 Å². The maximum atomic E-state index is 14.7. The molecule has 26 nitrogen and oxygen atoms in total. The highest BCUT2D eigenvalue weighted by atomic mass is 32.2. The van der Waals surface area contributed by atoms with Gasteiger partial charge in [-0.25, -0.2) is 4.79 Å². The SMILES string of the molecule is CCC(C)C1NC(=O)CNC(=O)C2Cc3c([nH]c4cc(OCCCCCCNC(=O)OC(C)(C)C)ccc34)SCC(NC(=O)CNC1=O)C(=O)N[C@@H](CC(N)=O)C(=O)N1CC(O)CC1C(=O)N[C@@H]([C@@H](C)C(O)CO)C(=O)N2. The van der Waals surface area contributed by atoms with Crippen molar-refractivity contribution >= 4 is 81.9 Å². The Morgan fingerprint density at radius 3 is 2.22 bits per heavy atom. The summed E-state index contributed by atoms with van der Waals surface area (Å²) in [5.41, 5.74) is 5.82. The zero-order chi connectivity index (χ0) is 56.7. The molecule has 2 aromatic rings. The Morgan fingerprint density at radius 2 is 1.55 bits per heavy atom. The van der Waals surface area contributed by atoms with Crippen molar-refractivity contribution in [2.75, 3.05) is 45.1 Å². The number of benzene rings is 1. The van der Waals surface area contributed by atoms with Crippen LogP contribution in [0.5, 0.6) is 5.75 Å². The molecule has 1 aromatic heterocycles. The molecule has 77 heavy (non-hydrogen) atoms. The van der Waals surface area contributed by atoms with Crippen molar-refractivity contribution in [3.63, 3.8) is 0 Å². The van der Waals surface area contributed by atoms with Gasteiger partial charge in [0.25, 0.3) is 0 Å². The van der Waals surface area contributed by atoms with E-state index in [2.05, 4.69) is 47.5 Å². The number of unbranched alkanes of at least 4 members (excludes halogenated alkanes) is 3. The molecule has 3 aliphatic rings. The number of H-pyrrole nitrogens is 1. The first-order valence-electron chi connectivity index (χ1n) is 25.9. The van der Waals surface area contributed by atoms with Gasteiger partial charge in [-0.3, -0.25) is 43.2 Å². The summed E-state index contributed by atoms with van der Waals surface area (Å²) in [6, 6.07) is -4.24. The molecule has 10 amide bonds. The van der Waals surface area contributed by atoms with E-state index in [1.54, 1.807) is 52.8 Å². The molecule has 0 aliphatic carbocycles. The van der Waals surface area contributed by atoms with Crippen LogP contribution in [0.3, 0.4) is 0 Å². The number of carbonyl (C=O) groups excluding carboxylic acids is 10. The smallest absolute Gasteiger partial charge is 0.407 e. The van der Waals surface area contributed by atoms with E-state index in [4.69, 9.17) is 15.2 Å². The summed E-state index contributed by atoms with van der Waals surface area (Å²) in [5.74, 6) is -10.1. The number of hydrogen-bond donors (Lipinski definition) is 13. The van der Waals surface area contributed by atoms with Gasteiger partial charge in [-0.2, -0.15) is 0 Å². The number of primary amides is 1. The highest BCUT2D eigenvalue weighted by Crippen LogP contribution is 2.34. The summed E-state index contributed by atoms with van der Waals surface area (Å²) in [5, 5.41) is 53.1. The Labute approximate surface area is 449 Å². The van der Waals surface area contributed by atoms with E-state index in [1.807, 2.05) is 0 Å². The van der Waals surface area contributed by atoms with E-state index in [9.17, 15) is 63.3 Å². The largest absolute Gasteiger partial charge is 0.494 e. The molecule has 1 saturated heterocycles. The summed E-state index contributed by atoms with van der Waals surface area (Å²) in [6.45, 7) is 8.21. The van der Waals surface area contributed by atoms with Gasteiger partial charge in [0.2, 0.25) is 53.2 Å². The number of amides is 10.